The van der Waals surface area contributed by atoms with Gasteiger partial charge in [0.25, 0.3) is 0 Å². The maximum atomic E-state index is 6.30. The molecule has 2 heteroatoms. The van der Waals surface area contributed by atoms with Crippen LogP contribution in [0.5, 0.6) is 0 Å². The summed E-state index contributed by atoms with van der Waals surface area (Å²) in [7, 11) is 0. The normalized spacial score (nSPS) is 30.4. The Morgan fingerprint density at radius 3 is 3.07 bits per heavy atom. The average molecular weight is 190 g/mol. The molecule has 1 aliphatic carbocycles. The fourth-order valence-corrected chi connectivity index (χ4v) is 2.16. The molecule has 1 aliphatic rings. The van der Waals surface area contributed by atoms with Gasteiger partial charge in [-0.25, -0.2) is 0 Å². The Morgan fingerprint density at radius 2 is 2.43 bits per heavy atom. The molecule has 0 amide bonds. The molecule has 2 N–H and O–H groups in total. The predicted molar refractivity (Wildman–Crippen MR) is 57.9 cm³/mol. The summed E-state index contributed by atoms with van der Waals surface area (Å²) in [5, 5.41) is 0. The Balaban J connectivity index is 2.17. The zero-order valence-electron chi connectivity index (χ0n) is 8.96. The number of aromatic nitrogens is 1. The highest BCUT2D eigenvalue weighted by atomic mass is 14.9. The molecule has 0 radical (unpaired) electrons. The molecule has 1 heterocycles. The number of hydrogen-bond acceptors (Lipinski definition) is 2. The molecular weight excluding hydrogens is 172 g/mol. The van der Waals surface area contributed by atoms with Crippen LogP contribution in [0.1, 0.15) is 37.4 Å². The van der Waals surface area contributed by atoms with Gasteiger partial charge >= 0.3 is 0 Å². The van der Waals surface area contributed by atoms with Crippen molar-refractivity contribution in [2.45, 2.75) is 38.6 Å². The van der Waals surface area contributed by atoms with Gasteiger partial charge in [-0.2, -0.15) is 0 Å². The molecule has 1 aromatic heterocycles. The summed E-state index contributed by atoms with van der Waals surface area (Å²) in [5.41, 5.74) is 8.53. The monoisotopic (exact) mass is 190 g/mol. The van der Waals surface area contributed by atoms with E-state index in [2.05, 4.69) is 24.9 Å². The molecule has 0 aliphatic heterocycles. The van der Waals surface area contributed by atoms with E-state index in [4.69, 9.17) is 5.73 Å². The number of nitrogens with two attached hydrogens (primary N) is 1. The Labute approximate surface area is 85.5 Å². The second kappa shape index (κ2) is 3.35. The first-order valence-corrected chi connectivity index (χ1v) is 5.39. The Morgan fingerprint density at radius 1 is 1.64 bits per heavy atom. The summed E-state index contributed by atoms with van der Waals surface area (Å²) < 4.78 is 0. The summed E-state index contributed by atoms with van der Waals surface area (Å²) in [6.07, 6.45) is 5.42. The van der Waals surface area contributed by atoms with Gasteiger partial charge in [-0.15, -0.1) is 0 Å². The molecule has 14 heavy (non-hydrogen) atoms. The van der Waals surface area contributed by atoms with E-state index in [1.165, 1.54) is 18.4 Å². The quantitative estimate of drug-likeness (QED) is 0.794. The van der Waals surface area contributed by atoms with Crippen LogP contribution in [0.4, 0.5) is 0 Å². The number of aryl methyl sites for hydroxylation is 1. The minimum absolute atomic E-state index is 0.109. The van der Waals surface area contributed by atoms with E-state index in [0.29, 0.717) is 5.92 Å². The van der Waals surface area contributed by atoms with Crippen LogP contribution in [0, 0.1) is 12.8 Å². The van der Waals surface area contributed by atoms with Crippen LogP contribution >= 0.6 is 0 Å². The molecule has 76 valence electrons. The smallest absolute Gasteiger partial charge is 0.0616 e. The van der Waals surface area contributed by atoms with E-state index < -0.39 is 0 Å². The fourth-order valence-electron chi connectivity index (χ4n) is 2.16. The molecule has 0 saturated heterocycles. The molecule has 1 saturated carbocycles. The van der Waals surface area contributed by atoms with Crippen molar-refractivity contribution >= 4 is 0 Å². The van der Waals surface area contributed by atoms with Crippen molar-refractivity contribution in [2.24, 2.45) is 11.7 Å². The zero-order chi connectivity index (χ0) is 10.2. The first-order chi connectivity index (χ1) is 6.66. The van der Waals surface area contributed by atoms with Gasteiger partial charge < -0.3 is 5.73 Å². The van der Waals surface area contributed by atoms with E-state index in [0.717, 1.165) is 12.1 Å². The molecule has 0 spiro atoms. The summed E-state index contributed by atoms with van der Waals surface area (Å²) >= 11 is 0. The highest BCUT2D eigenvalue weighted by Crippen LogP contribution is 2.51. The van der Waals surface area contributed by atoms with Crippen LogP contribution in [0.2, 0.25) is 0 Å². The molecule has 0 bridgehead atoms. The minimum atomic E-state index is -0.109. The lowest BCUT2D eigenvalue weighted by atomic mass is 10.1. The first kappa shape index (κ1) is 9.66. The second-order valence-corrected chi connectivity index (χ2v) is 4.45. The van der Waals surface area contributed by atoms with Crippen molar-refractivity contribution in [3.8, 4) is 0 Å². The highest BCUT2D eigenvalue weighted by Gasteiger charge is 2.52. The molecule has 2 nitrogen and oxygen atoms in total. The lowest BCUT2D eigenvalue weighted by molar-refractivity contribution is 0.570. The summed E-state index contributed by atoms with van der Waals surface area (Å²) in [5.74, 6) is 0.654. The second-order valence-electron chi connectivity index (χ2n) is 4.45. The fraction of sp³-hybridized carbons (Fsp3) is 0.583. The zero-order valence-corrected chi connectivity index (χ0v) is 8.96. The van der Waals surface area contributed by atoms with E-state index in [1.54, 1.807) is 0 Å². The van der Waals surface area contributed by atoms with Crippen LogP contribution in [-0.2, 0) is 5.54 Å². The van der Waals surface area contributed by atoms with Gasteiger partial charge in [-0.3, -0.25) is 4.98 Å². The molecular formula is C12H18N2. The van der Waals surface area contributed by atoms with Gasteiger partial charge in [0.05, 0.1) is 11.2 Å². The topological polar surface area (TPSA) is 38.9 Å². The standard InChI is InChI=1S/C12H18N2/c1-3-4-10-8-12(10,13)11-7-9(2)5-6-14-11/h5-7,10H,3-4,8,13H2,1-2H3. The number of nitrogens with zero attached hydrogens (tertiary/aromatic N) is 1. The molecule has 2 atom stereocenters. The molecule has 2 rings (SSSR count). The van der Waals surface area contributed by atoms with Gasteiger partial charge in [0, 0.05) is 6.20 Å². The lowest BCUT2D eigenvalue weighted by Crippen LogP contribution is -2.23. The van der Waals surface area contributed by atoms with Crippen molar-refractivity contribution in [3.63, 3.8) is 0 Å². The molecule has 2 unspecified atom stereocenters. The van der Waals surface area contributed by atoms with E-state index >= 15 is 0 Å². The Kier molecular flexibility index (Phi) is 2.31. The van der Waals surface area contributed by atoms with Gasteiger partial charge in [-0.05, 0) is 43.4 Å². The summed E-state index contributed by atoms with van der Waals surface area (Å²) in [6, 6.07) is 4.14. The van der Waals surface area contributed by atoms with Crippen molar-refractivity contribution < 1.29 is 0 Å². The third kappa shape index (κ3) is 1.55. The van der Waals surface area contributed by atoms with Gasteiger partial charge in [0.1, 0.15) is 0 Å². The van der Waals surface area contributed by atoms with Gasteiger partial charge in [0.2, 0.25) is 0 Å². The van der Waals surface area contributed by atoms with E-state index in [1.807, 2.05) is 12.3 Å². The molecule has 0 aromatic carbocycles. The van der Waals surface area contributed by atoms with Gasteiger partial charge in [-0.1, -0.05) is 13.3 Å². The van der Waals surface area contributed by atoms with Crippen LogP contribution in [0.3, 0.4) is 0 Å². The van der Waals surface area contributed by atoms with Crippen LogP contribution in [-0.4, -0.2) is 4.98 Å². The van der Waals surface area contributed by atoms with Crippen LogP contribution < -0.4 is 5.73 Å². The van der Waals surface area contributed by atoms with Crippen molar-refractivity contribution in [2.75, 3.05) is 0 Å². The maximum Gasteiger partial charge on any atom is 0.0616 e. The first-order valence-electron chi connectivity index (χ1n) is 5.39. The van der Waals surface area contributed by atoms with E-state index in [-0.39, 0.29) is 5.54 Å². The minimum Gasteiger partial charge on any atom is -0.320 e. The van der Waals surface area contributed by atoms with Crippen LogP contribution in [0.25, 0.3) is 0 Å². The van der Waals surface area contributed by atoms with Gasteiger partial charge in [0.15, 0.2) is 0 Å². The summed E-state index contributed by atoms with van der Waals surface area (Å²) in [6.45, 7) is 4.30. The number of rotatable bonds is 3. The SMILES string of the molecule is CCCC1CC1(N)c1cc(C)ccn1. The maximum absolute atomic E-state index is 6.30. The van der Waals surface area contributed by atoms with Crippen molar-refractivity contribution in [3.05, 3.63) is 29.6 Å². The van der Waals surface area contributed by atoms with Crippen molar-refractivity contribution in [1.82, 2.24) is 4.98 Å². The number of hydrogen-bond donors (Lipinski definition) is 1. The molecule has 1 fully saturated rings. The Hall–Kier alpha value is -0.890. The lowest BCUT2D eigenvalue weighted by Gasteiger charge is -2.11. The van der Waals surface area contributed by atoms with E-state index in [9.17, 15) is 0 Å². The third-order valence-corrected chi connectivity index (χ3v) is 3.18. The van der Waals surface area contributed by atoms with Crippen molar-refractivity contribution in [1.29, 1.82) is 0 Å². The number of pyridine rings is 1. The summed E-state index contributed by atoms with van der Waals surface area (Å²) in [4.78, 5) is 4.38. The predicted octanol–water partition coefficient (Wildman–Crippen LogP) is 2.36. The largest absolute Gasteiger partial charge is 0.320 e. The molecule has 1 aromatic rings. The third-order valence-electron chi connectivity index (χ3n) is 3.18. The Bertz CT molecular complexity index is 335. The average Bonchev–Trinajstić information content (AvgIpc) is 2.79. The van der Waals surface area contributed by atoms with Crippen LogP contribution in [0.15, 0.2) is 18.3 Å². The highest BCUT2D eigenvalue weighted by molar-refractivity contribution is 5.28.